The first-order valence-electron chi connectivity index (χ1n) is 4.59. The predicted molar refractivity (Wildman–Crippen MR) is 48.8 cm³/mol. The highest BCUT2D eigenvalue weighted by atomic mass is 15.3. The average molecular weight is 170 g/mol. The van der Waals surface area contributed by atoms with Gasteiger partial charge in [-0.05, 0) is 14.1 Å². The fraction of sp³-hybridized carbons (Fsp3) is 1.00. The fourth-order valence-electron chi connectivity index (χ4n) is 2.01. The summed E-state index contributed by atoms with van der Waals surface area (Å²) in [6, 6.07) is 1.28. The second kappa shape index (κ2) is 3.30. The van der Waals surface area contributed by atoms with E-state index < -0.39 is 0 Å². The van der Waals surface area contributed by atoms with Crippen LogP contribution in [-0.4, -0.2) is 62.4 Å². The zero-order chi connectivity index (χ0) is 8.55. The molecule has 2 aliphatic rings. The molecule has 2 N–H and O–H groups in total. The maximum Gasteiger partial charge on any atom is 0.0481 e. The van der Waals surface area contributed by atoms with Gasteiger partial charge in [0.25, 0.3) is 0 Å². The average Bonchev–Trinajstić information content (AvgIpc) is 2.05. The Balaban J connectivity index is 1.94. The van der Waals surface area contributed by atoms with Crippen LogP contribution in [0.3, 0.4) is 0 Å². The van der Waals surface area contributed by atoms with Crippen LogP contribution in [0.2, 0.25) is 0 Å². The zero-order valence-corrected chi connectivity index (χ0v) is 7.88. The molecule has 2 rings (SSSR count). The zero-order valence-electron chi connectivity index (χ0n) is 7.88. The highest BCUT2D eigenvalue weighted by Crippen LogP contribution is 2.07. The lowest BCUT2D eigenvalue weighted by atomic mass is 10.0. The van der Waals surface area contributed by atoms with Gasteiger partial charge in [0, 0.05) is 38.5 Å². The first-order valence-corrected chi connectivity index (χ1v) is 4.59. The number of hydrogen-bond acceptors (Lipinski definition) is 4. The topological polar surface area (TPSA) is 30.5 Å². The van der Waals surface area contributed by atoms with Crippen molar-refractivity contribution in [3.63, 3.8) is 0 Å². The van der Waals surface area contributed by atoms with Crippen LogP contribution < -0.4 is 10.6 Å². The van der Waals surface area contributed by atoms with Crippen molar-refractivity contribution >= 4 is 0 Å². The Labute approximate surface area is 73.9 Å². The van der Waals surface area contributed by atoms with E-state index in [9.17, 15) is 0 Å². The molecule has 0 radical (unpaired) electrons. The molecule has 0 aromatic heterocycles. The highest BCUT2D eigenvalue weighted by Gasteiger charge is 2.30. The van der Waals surface area contributed by atoms with Crippen LogP contribution >= 0.6 is 0 Å². The van der Waals surface area contributed by atoms with Crippen molar-refractivity contribution in [2.45, 2.75) is 12.1 Å². The number of nitrogens with one attached hydrogen (secondary N) is 2. The van der Waals surface area contributed by atoms with Crippen molar-refractivity contribution in [3.05, 3.63) is 0 Å². The summed E-state index contributed by atoms with van der Waals surface area (Å²) in [4.78, 5) is 4.64. The Kier molecular flexibility index (Phi) is 2.32. The van der Waals surface area contributed by atoms with Gasteiger partial charge in [0.15, 0.2) is 0 Å². The Morgan fingerprint density at radius 1 is 0.917 bits per heavy atom. The molecule has 70 valence electrons. The minimum Gasteiger partial charge on any atom is -0.299 e. The molecule has 2 atom stereocenters. The van der Waals surface area contributed by atoms with E-state index >= 15 is 0 Å². The fourth-order valence-corrected chi connectivity index (χ4v) is 2.01. The van der Waals surface area contributed by atoms with E-state index in [1.165, 1.54) is 13.1 Å². The minimum absolute atomic E-state index is 0.639. The number of fused-ring (bicyclic) bond motifs is 1. The SMILES string of the molecule is CN1CNC2CN(C)CNC2C1. The Hall–Kier alpha value is -0.160. The van der Waals surface area contributed by atoms with Gasteiger partial charge >= 0.3 is 0 Å². The third-order valence-corrected chi connectivity index (χ3v) is 2.75. The summed E-state index contributed by atoms with van der Waals surface area (Å²) < 4.78 is 0. The molecule has 12 heavy (non-hydrogen) atoms. The molecule has 2 unspecified atom stereocenters. The molecule has 2 aliphatic heterocycles. The number of rotatable bonds is 0. The van der Waals surface area contributed by atoms with Crippen molar-refractivity contribution in [1.29, 1.82) is 0 Å². The van der Waals surface area contributed by atoms with Gasteiger partial charge in [0.1, 0.15) is 0 Å². The number of likely N-dealkylation sites (N-methyl/N-ethyl adjacent to an activating group) is 2. The summed E-state index contributed by atoms with van der Waals surface area (Å²) in [5.74, 6) is 0. The standard InChI is InChI=1S/C8H18N4/c1-11-3-7-8(9-5-11)4-12(2)6-10-7/h7-10H,3-6H2,1-2H3. The van der Waals surface area contributed by atoms with E-state index in [0.717, 1.165) is 13.3 Å². The highest BCUT2D eigenvalue weighted by molar-refractivity contribution is 4.92. The summed E-state index contributed by atoms with van der Waals surface area (Å²) >= 11 is 0. The molecule has 2 saturated heterocycles. The van der Waals surface area contributed by atoms with Crippen LogP contribution in [0.4, 0.5) is 0 Å². The monoisotopic (exact) mass is 170 g/mol. The van der Waals surface area contributed by atoms with E-state index in [0.29, 0.717) is 12.1 Å². The lowest BCUT2D eigenvalue weighted by molar-refractivity contribution is 0.0967. The van der Waals surface area contributed by atoms with Crippen LogP contribution in [0.1, 0.15) is 0 Å². The van der Waals surface area contributed by atoms with E-state index in [-0.39, 0.29) is 0 Å². The Morgan fingerprint density at radius 3 is 1.75 bits per heavy atom. The summed E-state index contributed by atoms with van der Waals surface area (Å²) in [5.41, 5.74) is 0. The van der Waals surface area contributed by atoms with Crippen molar-refractivity contribution in [2.75, 3.05) is 40.5 Å². The molecule has 0 aliphatic carbocycles. The first kappa shape index (κ1) is 8.44. The van der Waals surface area contributed by atoms with Crippen LogP contribution in [-0.2, 0) is 0 Å². The van der Waals surface area contributed by atoms with E-state index in [1.54, 1.807) is 0 Å². The molecule has 0 aromatic rings. The van der Waals surface area contributed by atoms with Crippen LogP contribution in [0.5, 0.6) is 0 Å². The Bertz CT molecular complexity index is 143. The molecule has 0 spiro atoms. The van der Waals surface area contributed by atoms with Gasteiger partial charge in [0.05, 0.1) is 0 Å². The predicted octanol–water partition coefficient (Wildman–Crippen LogP) is -1.29. The van der Waals surface area contributed by atoms with Gasteiger partial charge in [-0.25, -0.2) is 0 Å². The maximum absolute atomic E-state index is 3.52. The smallest absolute Gasteiger partial charge is 0.0481 e. The summed E-state index contributed by atoms with van der Waals surface area (Å²) in [5, 5.41) is 7.05. The summed E-state index contributed by atoms with van der Waals surface area (Å²) in [7, 11) is 4.31. The van der Waals surface area contributed by atoms with Crippen LogP contribution in [0.15, 0.2) is 0 Å². The normalized spacial score (nSPS) is 39.5. The molecule has 2 heterocycles. The second-order valence-electron chi connectivity index (χ2n) is 4.01. The van der Waals surface area contributed by atoms with E-state index in [1.807, 2.05) is 0 Å². The van der Waals surface area contributed by atoms with E-state index in [2.05, 4.69) is 34.5 Å². The number of nitrogens with zero attached hydrogens (tertiary/aromatic N) is 2. The molecular formula is C8H18N4. The van der Waals surface area contributed by atoms with Gasteiger partial charge in [0.2, 0.25) is 0 Å². The molecule has 2 fully saturated rings. The quantitative estimate of drug-likeness (QED) is 0.473. The van der Waals surface area contributed by atoms with Crippen LogP contribution in [0, 0.1) is 0 Å². The molecule has 0 saturated carbocycles. The van der Waals surface area contributed by atoms with Crippen molar-refractivity contribution < 1.29 is 0 Å². The van der Waals surface area contributed by atoms with Gasteiger partial charge in [-0.1, -0.05) is 0 Å². The third kappa shape index (κ3) is 1.61. The lowest BCUT2D eigenvalue weighted by Crippen LogP contribution is -2.67. The number of hydrogen-bond donors (Lipinski definition) is 2. The minimum atomic E-state index is 0.639. The first-order chi connectivity index (χ1) is 5.75. The molecule has 0 bridgehead atoms. The van der Waals surface area contributed by atoms with Crippen molar-refractivity contribution in [1.82, 2.24) is 20.4 Å². The van der Waals surface area contributed by atoms with Gasteiger partial charge < -0.3 is 0 Å². The van der Waals surface area contributed by atoms with E-state index in [4.69, 9.17) is 0 Å². The molecule has 4 nitrogen and oxygen atoms in total. The summed E-state index contributed by atoms with van der Waals surface area (Å²) in [6.07, 6.45) is 0. The molecule has 4 heteroatoms. The molecule has 0 amide bonds. The van der Waals surface area contributed by atoms with Gasteiger partial charge in [-0.15, -0.1) is 0 Å². The Morgan fingerprint density at radius 2 is 1.33 bits per heavy atom. The molecular weight excluding hydrogens is 152 g/mol. The third-order valence-electron chi connectivity index (χ3n) is 2.75. The summed E-state index contributed by atoms with van der Waals surface area (Å²) in [6.45, 7) is 4.39. The second-order valence-corrected chi connectivity index (χ2v) is 4.01. The lowest BCUT2D eigenvalue weighted by Gasteiger charge is -2.44. The molecule has 0 aromatic carbocycles. The van der Waals surface area contributed by atoms with Crippen molar-refractivity contribution in [3.8, 4) is 0 Å². The maximum atomic E-state index is 3.52. The largest absolute Gasteiger partial charge is 0.299 e. The van der Waals surface area contributed by atoms with Gasteiger partial charge in [-0.2, -0.15) is 0 Å². The van der Waals surface area contributed by atoms with Gasteiger partial charge in [-0.3, -0.25) is 20.4 Å². The van der Waals surface area contributed by atoms with Crippen molar-refractivity contribution in [2.24, 2.45) is 0 Å². The van der Waals surface area contributed by atoms with Crippen LogP contribution in [0.25, 0.3) is 0 Å².